The van der Waals surface area contributed by atoms with Gasteiger partial charge in [-0.15, -0.1) is 0 Å². The lowest BCUT2D eigenvalue weighted by Crippen LogP contribution is -2.31. The second-order valence-electron chi connectivity index (χ2n) is 4.19. The molecular formula is C11H14BrNOS. The van der Waals surface area contributed by atoms with Gasteiger partial charge in [-0.3, -0.25) is 4.98 Å². The highest BCUT2D eigenvalue weighted by Gasteiger charge is 2.36. The van der Waals surface area contributed by atoms with Gasteiger partial charge < -0.3 is 5.11 Å². The zero-order valence-corrected chi connectivity index (χ0v) is 11.0. The molecule has 1 aliphatic heterocycles. The van der Waals surface area contributed by atoms with E-state index >= 15 is 0 Å². The Bertz CT molecular complexity index is 343. The molecule has 4 heteroatoms. The number of aromatic nitrogens is 1. The van der Waals surface area contributed by atoms with E-state index in [4.69, 9.17) is 0 Å². The van der Waals surface area contributed by atoms with Crippen LogP contribution in [0, 0.1) is 0 Å². The van der Waals surface area contributed by atoms with Crippen LogP contribution in [-0.2, 0) is 6.42 Å². The van der Waals surface area contributed by atoms with Crippen molar-refractivity contribution in [3.63, 3.8) is 0 Å². The first-order valence-corrected chi connectivity index (χ1v) is 6.86. The molecular weight excluding hydrogens is 274 g/mol. The van der Waals surface area contributed by atoms with Crippen molar-refractivity contribution in [1.29, 1.82) is 0 Å². The third-order valence-corrected chi connectivity index (χ3v) is 4.51. The number of hydrogen-bond donors (Lipinski definition) is 1. The zero-order valence-electron chi connectivity index (χ0n) is 8.61. The lowest BCUT2D eigenvalue weighted by molar-refractivity contribution is 0.0632. The van der Waals surface area contributed by atoms with Crippen molar-refractivity contribution in [3.05, 3.63) is 28.5 Å². The summed E-state index contributed by atoms with van der Waals surface area (Å²) in [6.45, 7) is 2.16. The first-order valence-electron chi connectivity index (χ1n) is 5.02. The summed E-state index contributed by atoms with van der Waals surface area (Å²) in [6, 6.07) is 3.94. The summed E-state index contributed by atoms with van der Waals surface area (Å²) < 4.78 is 0.979. The number of thioether (sulfide) groups is 1. The van der Waals surface area contributed by atoms with Crippen molar-refractivity contribution in [3.8, 4) is 0 Å². The van der Waals surface area contributed by atoms with Gasteiger partial charge in [-0.1, -0.05) is 6.92 Å². The van der Waals surface area contributed by atoms with Gasteiger partial charge in [-0.05, 0) is 34.5 Å². The van der Waals surface area contributed by atoms with Gasteiger partial charge in [-0.25, -0.2) is 0 Å². The second kappa shape index (κ2) is 4.44. The molecule has 0 spiro atoms. The monoisotopic (exact) mass is 287 g/mol. The SMILES string of the molecule is CC1CC(O)(Cc2ccc(Br)cn2)CS1. The number of rotatable bonds is 2. The van der Waals surface area contributed by atoms with Crippen LogP contribution >= 0.6 is 27.7 Å². The van der Waals surface area contributed by atoms with Crippen LogP contribution in [0.5, 0.6) is 0 Å². The Hall–Kier alpha value is -0.0600. The lowest BCUT2D eigenvalue weighted by atomic mass is 9.95. The van der Waals surface area contributed by atoms with Crippen LogP contribution in [0.1, 0.15) is 19.0 Å². The molecule has 1 fully saturated rings. The van der Waals surface area contributed by atoms with Gasteiger partial charge >= 0.3 is 0 Å². The molecule has 1 aromatic heterocycles. The molecule has 0 radical (unpaired) electrons. The molecule has 1 aliphatic rings. The number of pyridine rings is 1. The van der Waals surface area contributed by atoms with Crippen molar-refractivity contribution in [2.75, 3.05) is 5.75 Å². The van der Waals surface area contributed by atoms with Crippen LogP contribution in [0.4, 0.5) is 0 Å². The van der Waals surface area contributed by atoms with Crippen LogP contribution in [0.2, 0.25) is 0 Å². The Kier molecular flexibility index (Phi) is 3.38. The number of nitrogens with zero attached hydrogens (tertiary/aromatic N) is 1. The third kappa shape index (κ3) is 2.95. The Morgan fingerprint density at radius 1 is 1.67 bits per heavy atom. The normalized spacial score (nSPS) is 30.7. The predicted octanol–water partition coefficient (Wildman–Crippen LogP) is 2.64. The highest BCUT2D eigenvalue weighted by atomic mass is 79.9. The van der Waals surface area contributed by atoms with Crippen molar-refractivity contribution in [1.82, 2.24) is 4.98 Å². The van der Waals surface area contributed by atoms with Gasteiger partial charge in [0.2, 0.25) is 0 Å². The minimum Gasteiger partial charge on any atom is -0.389 e. The van der Waals surface area contributed by atoms with E-state index in [9.17, 15) is 5.11 Å². The van der Waals surface area contributed by atoms with E-state index in [0.717, 1.165) is 22.3 Å². The Labute approximate surface area is 103 Å². The number of aliphatic hydroxyl groups is 1. The van der Waals surface area contributed by atoms with E-state index in [-0.39, 0.29) is 0 Å². The quantitative estimate of drug-likeness (QED) is 0.908. The summed E-state index contributed by atoms with van der Waals surface area (Å²) in [5, 5.41) is 10.9. The lowest BCUT2D eigenvalue weighted by Gasteiger charge is -2.20. The maximum atomic E-state index is 10.3. The minimum absolute atomic E-state index is 0.551. The molecule has 2 atom stereocenters. The van der Waals surface area contributed by atoms with Crippen molar-refractivity contribution < 1.29 is 5.11 Å². The molecule has 0 aliphatic carbocycles. The van der Waals surface area contributed by atoms with E-state index in [1.165, 1.54) is 0 Å². The molecule has 2 heterocycles. The van der Waals surface area contributed by atoms with Crippen molar-refractivity contribution >= 4 is 27.7 Å². The Morgan fingerprint density at radius 2 is 2.47 bits per heavy atom. The van der Waals surface area contributed by atoms with E-state index in [1.807, 2.05) is 23.9 Å². The Balaban J connectivity index is 2.05. The molecule has 1 N–H and O–H groups in total. The van der Waals surface area contributed by atoms with Gasteiger partial charge in [0.25, 0.3) is 0 Å². The third-order valence-electron chi connectivity index (χ3n) is 2.60. The average Bonchev–Trinajstić information content (AvgIpc) is 2.50. The molecule has 1 aromatic rings. The molecule has 2 nitrogen and oxygen atoms in total. The standard InChI is InChI=1S/C11H14BrNOS/c1-8-4-11(14,7-15-8)5-10-3-2-9(12)6-13-10/h2-3,6,8,14H,4-5,7H2,1H3. The number of hydrogen-bond acceptors (Lipinski definition) is 3. The molecule has 0 amide bonds. The van der Waals surface area contributed by atoms with Crippen molar-refractivity contribution in [2.24, 2.45) is 0 Å². The Morgan fingerprint density at radius 3 is 3.00 bits per heavy atom. The fourth-order valence-electron chi connectivity index (χ4n) is 1.92. The van der Waals surface area contributed by atoms with Crippen LogP contribution in [0.15, 0.2) is 22.8 Å². The van der Waals surface area contributed by atoms with Gasteiger partial charge in [0.15, 0.2) is 0 Å². The predicted molar refractivity (Wildman–Crippen MR) is 67.1 cm³/mol. The van der Waals surface area contributed by atoms with Gasteiger partial charge in [0.1, 0.15) is 0 Å². The van der Waals surface area contributed by atoms with Gasteiger partial charge in [0, 0.05) is 33.8 Å². The summed E-state index contributed by atoms with van der Waals surface area (Å²) in [7, 11) is 0. The molecule has 2 rings (SSSR count). The van der Waals surface area contributed by atoms with Crippen LogP contribution < -0.4 is 0 Å². The summed E-state index contributed by atoms with van der Waals surface area (Å²) in [4.78, 5) is 4.30. The smallest absolute Gasteiger partial charge is 0.0803 e. The van der Waals surface area contributed by atoms with Crippen LogP contribution in [0.3, 0.4) is 0 Å². The van der Waals surface area contributed by atoms with Crippen LogP contribution in [0.25, 0.3) is 0 Å². The first-order chi connectivity index (χ1) is 7.07. The summed E-state index contributed by atoms with van der Waals surface area (Å²) in [5.74, 6) is 0.825. The maximum Gasteiger partial charge on any atom is 0.0803 e. The summed E-state index contributed by atoms with van der Waals surface area (Å²) >= 11 is 5.19. The molecule has 0 aromatic carbocycles. The van der Waals surface area contributed by atoms with E-state index in [1.54, 1.807) is 6.20 Å². The first kappa shape index (κ1) is 11.4. The fourth-order valence-corrected chi connectivity index (χ4v) is 3.40. The average molecular weight is 288 g/mol. The topological polar surface area (TPSA) is 33.1 Å². The summed E-state index contributed by atoms with van der Waals surface area (Å²) in [5.41, 5.74) is 0.417. The van der Waals surface area contributed by atoms with E-state index in [0.29, 0.717) is 11.7 Å². The molecule has 82 valence electrons. The molecule has 0 saturated carbocycles. The van der Waals surface area contributed by atoms with Gasteiger partial charge in [-0.2, -0.15) is 11.8 Å². The largest absolute Gasteiger partial charge is 0.389 e. The molecule has 2 unspecified atom stereocenters. The maximum absolute atomic E-state index is 10.3. The van der Waals surface area contributed by atoms with E-state index in [2.05, 4.69) is 27.8 Å². The fraction of sp³-hybridized carbons (Fsp3) is 0.545. The van der Waals surface area contributed by atoms with Crippen molar-refractivity contribution in [2.45, 2.75) is 30.6 Å². The highest BCUT2D eigenvalue weighted by molar-refractivity contribution is 9.10. The minimum atomic E-state index is -0.551. The zero-order chi connectivity index (χ0) is 10.9. The molecule has 1 saturated heterocycles. The van der Waals surface area contributed by atoms with E-state index < -0.39 is 5.60 Å². The second-order valence-corrected chi connectivity index (χ2v) is 6.54. The van der Waals surface area contributed by atoms with Crippen LogP contribution in [-0.4, -0.2) is 26.7 Å². The molecule has 15 heavy (non-hydrogen) atoms. The highest BCUT2D eigenvalue weighted by Crippen LogP contribution is 2.36. The van der Waals surface area contributed by atoms with Gasteiger partial charge in [0.05, 0.1) is 5.60 Å². The molecule has 0 bridgehead atoms. The number of halogens is 1. The summed E-state index contributed by atoms with van der Waals surface area (Å²) in [6.07, 6.45) is 3.32.